The van der Waals surface area contributed by atoms with Crippen molar-refractivity contribution >= 4 is 11.4 Å². The summed E-state index contributed by atoms with van der Waals surface area (Å²) in [6.45, 7) is 6.24. The summed E-state index contributed by atoms with van der Waals surface area (Å²) < 4.78 is 13.0. The highest BCUT2D eigenvalue weighted by atomic mass is 16.5. The average molecular weight is 417 g/mol. The van der Waals surface area contributed by atoms with Crippen LogP contribution >= 0.6 is 0 Å². The third-order valence-electron chi connectivity index (χ3n) is 6.32. The van der Waals surface area contributed by atoms with Gasteiger partial charge in [0, 0.05) is 0 Å². The second-order valence-corrected chi connectivity index (χ2v) is 8.31. The van der Waals surface area contributed by atoms with E-state index in [1.54, 1.807) is 0 Å². The summed E-state index contributed by atoms with van der Waals surface area (Å²) in [6.07, 6.45) is 2.22. The number of benzene rings is 3. The average Bonchev–Trinajstić information content (AvgIpc) is 2.81. The number of hydrogen-bond acceptors (Lipinski definition) is 4. The van der Waals surface area contributed by atoms with Gasteiger partial charge in [-0.05, 0) is 42.2 Å². The van der Waals surface area contributed by atoms with Crippen LogP contribution in [-0.4, -0.2) is 19.9 Å². The molecule has 0 bridgehead atoms. The molecule has 1 unspecified atom stereocenters. The van der Waals surface area contributed by atoms with Crippen LogP contribution < -0.4 is 20.1 Å². The van der Waals surface area contributed by atoms with Crippen molar-refractivity contribution in [2.24, 2.45) is 5.92 Å². The Labute approximate surface area is 185 Å². The third kappa shape index (κ3) is 4.63. The maximum absolute atomic E-state index is 6.52. The molecule has 0 aromatic heterocycles. The van der Waals surface area contributed by atoms with Gasteiger partial charge in [-0.2, -0.15) is 0 Å². The molecule has 0 saturated carbocycles. The molecule has 0 fully saturated rings. The molecule has 2 N–H and O–H groups in total. The Morgan fingerprint density at radius 3 is 1.84 bits per heavy atom. The lowest BCUT2D eigenvalue weighted by atomic mass is 9.70. The van der Waals surface area contributed by atoms with E-state index in [0.717, 1.165) is 35.7 Å². The number of anilines is 2. The van der Waals surface area contributed by atoms with Crippen molar-refractivity contribution in [2.75, 3.05) is 30.5 Å². The minimum absolute atomic E-state index is 0.281. The van der Waals surface area contributed by atoms with E-state index in [-0.39, 0.29) is 5.41 Å². The highest BCUT2D eigenvalue weighted by molar-refractivity contribution is 5.60. The molecule has 0 aliphatic carbocycles. The van der Waals surface area contributed by atoms with Crippen LogP contribution in [-0.2, 0) is 5.41 Å². The first-order chi connectivity index (χ1) is 15.2. The van der Waals surface area contributed by atoms with E-state index in [1.165, 1.54) is 5.56 Å². The normalized spacial score (nSPS) is 16.5. The predicted octanol–water partition coefficient (Wildman–Crippen LogP) is 6.31. The van der Waals surface area contributed by atoms with Crippen LogP contribution in [0.4, 0.5) is 11.4 Å². The first-order valence-corrected chi connectivity index (χ1v) is 11.2. The quantitative estimate of drug-likeness (QED) is 0.523. The molecule has 0 radical (unpaired) electrons. The number of fused-ring (bicyclic) bond motifs is 2. The zero-order chi connectivity index (χ0) is 21.5. The van der Waals surface area contributed by atoms with Crippen LogP contribution in [0.15, 0.2) is 78.9 Å². The largest absolute Gasteiger partial charge is 0.490 e. The number of nitrogens with one attached hydrogen (secondary N) is 2. The van der Waals surface area contributed by atoms with Crippen molar-refractivity contribution in [2.45, 2.75) is 32.1 Å². The lowest BCUT2D eigenvalue weighted by Crippen LogP contribution is -2.45. The van der Waals surface area contributed by atoms with Crippen LogP contribution in [0.5, 0.6) is 11.5 Å². The van der Waals surface area contributed by atoms with Crippen molar-refractivity contribution in [1.29, 1.82) is 0 Å². The van der Waals surface area contributed by atoms with E-state index in [4.69, 9.17) is 9.47 Å². The number of ether oxygens (including phenoxy) is 2. The molecule has 0 spiro atoms. The summed E-state index contributed by atoms with van der Waals surface area (Å²) in [4.78, 5) is 0. The Morgan fingerprint density at radius 2 is 1.29 bits per heavy atom. The van der Waals surface area contributed by atoms with Gasteiger partial charge in [-0.3, -0.25) is 0 Å². The maximum atomic E-state index is 6.52. The minimum atomic E-state index is -0.281. The Hall–Kier alpha value is -3.14. The molecule has 4 heteroatoms. The van der Waals surface area contributed by atoms with E-state index in [1.807, 2.05) is 36.4 Å². The summed E-state index contributed by atoms with van der Waals surface area (Å²) in [6, 6.07) is 27.0. The minimum Gasteiger partial charge on any atom is -0.490 e. The van der Waals surface area contributed by atoms with Crippen molar-refractivity contribution in [1.82, 2.24) is 0 Å². The fourth-order valence-electron chi connectivity index (χ4n) is 4.38. The Kier molecular flexibility index (Phi) is 6.66. The smallest absolute Gasteiger partial charge is 0.142 e. The second kappa shape index (κ2) is 9.78. The SMILES string of the molecule is CCCC(C)C1(c2ccccc2)COc2ccccc2NCNc2ccccc2OC1. The van der Waals surface area contributed by atoms with Gasteiger partial charge in [0.05, 0.1) is 23.5 Å². The zero-order valence-corrected chi connectivity index (χ0v) is 18.4. The Morgan fingerprint density at radius 1 is 0.774 bits per heavy atom. The van der Waals surface area contributed by atoms with Crippen molar-refractivity contribution < 1.29 is 9.47 Å². The Bertz CT molecular complexity index is 922. The number of rotatable bonds is 4. The summed E-state index contributed by atoms with van der Waals surface area (Å²) in [7, 11) is 0. The molecule has 162 valence electrons. The molecule has 1 aliphatic rings. The van der Waals surface area contributed by atoms with Gasteiger partial charge in [-0.25, -0.2) is 0 Å². The lowest BCUT2D eigenvalue weighted by Gasteiger charge is -2.40. The molecule has 1 aliphatic heterocycles. The molecule has 1 heterocycles. The first-order valence-electron chi connectivity index (χ1n) is 11.2. The molecule has 0 saturated heterocycles. The van der Waals surface area contributed by atoms with Crippen LogP contribution in [0, 0.1) is 5.92 Å². The molecule has 4 rings (SSSR count). The van der Waals surface area contributed by atoms with Crippen molar-refractivity contribution in [3.63, 3.8) is 0 Å². The standard InChI is InChI=1S/C27H32N2O2/c1-3-11-21(2)27(22-12-5-4-6-13-22)18-30-25-16-9-7-14-23(25)28-20-29-24-15-8-10-17-26(24)31-19-27/h4-10,12-17,21,28-29H,3,11,18-20H2,1-2H3. The first kappa shape index (κ1) is 21.1. The fraction of sp³-hybridized carbons (Fsp3) is 0.333. The maximum Gasteiger partial charge on any atom is 0.142 e. The van der Waals surface area contributed by atoms with Gasteiger partial charge >= 0.3 is 0 Å². The highest BCUT2D eigenvalue weighted by Gasteiger charge is 2.40. The van der Waals surface area contributed by atoms with Crippen LogP contribution in [0.1, 0.15) is 32.3 Å². The van der Waals surface area contributed by atoms with Crippen molar-refractivity contribution in [3.05, 3.63) is 84.4 Å². The van der Waals surface area contributed by atoms with E-state index < -0.39 is 0 Å². The van der Waals surface area contributed by atoms with Gasteiger partial charge in [0.1, 0.15) is 24.7 Å². The lowest BCUT2D eigenvalue weighted by molar-refractivity contribution is 0.0936. The van der Waals surface area contributed by atoms with Gasteiger partial charge in [0.25, 0.3) is 0 Å². The number of hydrogen-bond donors (Lipinski definition) is 2. The molecule has 0 amide bonds. The second-order valence-electron chi connectivity index (χ2n) is 8.31. The van der Waals surface area contributed by atoms with Gasteiger partial charge in [0.15, 0.2) is 0 Å². The Balaban J connectivity index is 1.80. The number of para-hydroxylation sites is 4. The molecule has 1 atom stereocenters. The molecule has 3 aromatic carbocycles. The third-order valence-corrected chi connectivity index (χ3v) is 6.32. The molecular formula is C27H32N2O2. The summed E-state index contributed by atoms with van der Waals surface area (Å²) in [5.41, 5.74) is 2.94. The van der Waals surface area contributed by atoms with Crippen LogP contribution in [0.2, 0.25) is 0 Å². The van der Waals surface area contributed by atoms with E-state index in [0.29, 0.717) is 25.8 Å². The molecular weight excluding hydrogens is 384 g/mol. The van der Waals surface area contributed by atoms with E-state index in [9.17, 15) is 0 Å². The van der Waals surface area contributed by atoms with Crippen LogP contribution in [0.25, 0.3) is 0 Å². The summed E-state index contributed by atoms with van der Waals surface area (Å²) >= 11 is 0. The van der Waals surface area contributed by atoms with Crippen LogP contribution in [0.3, 0.4) is 0 Å². The van der Waals surface area contributed by atoms with Gasteiger partial charge in [-0.15, -0.1) is 0 Å². The van der Waals surface area contributed by atoms with Gasteiger partial charge in [-0.1, -0.05) is 74.9 Å². The monoisotopic (exact) mass is 416 g/mol. The molecule has 3 aromatic rings. The summed E-state index contributed by atoms with van der Waals surface area (Å²) in [5, 5.41) is 6.90. The zero-order valence-electron chi connectivity index (χ0n) is 18.4. The van der Waals surface area contributed by atoms with Crippen molar-refractivity contribution in [3.8, 4) is 11.5 Å². The van der Waals surface area contributed by atoms with E-state index in [2.05, 4.69) is 66.9 Å². The fourth-order valence-corrected chi connectivity index (χ4v) is 4.38. The van der Waals surface area contributed by atoms with Gasteiger partial charge in [0.2, 0.25) is 0 Å². The molecule has 4 nitrogen and oxygen atoms in total. The van der Waals surface area contributed by atoms with Gasteiger partial charge < -0.3 is 20.1 Å². The molecule has 31 heavy (non-hydrogen) atoms. The highest BCUT2D eigenvalue weighted by Crippen LogP contribution is 2.39. The predicted molar refractivity (Wildman–Crippen MR) is 128 cm³/mol. The van der Waals surface area contributed by atoms with E-state index >= 15 is 0 Å². The summed E-state index contributed by atoms with van der Waals surface area (Å²) in [5.74, 6) is 2.10. The topological polar surface area (TPSA) is 42.5 Å².